The molecular formula is C11H11BrN4OS. The minimum absolute atomic E-state index is 0.112. The number of H-pyrrole nitrogens is 1. The van der Waals surface area contributed by atoms with Crippen LogP contribution in [-0.4, -0.2) is 27.6 Å². The van der Waals surface area contributed by atoms with Crippen molar-refractivity contribution in [3.8, 4) is 0 Å². The molecule has 0 unspecified atom stereocenters. The third-order valence-electron chi connectivity index (χ3n) is 2.12. The van der Waals surface area contributed by atoms with Gasteiger partial charge in [-0.1, -0.05) is 0 Å². The quantitative estimate of drug-likeness (QED) is 0.825. The highest BCUT2D eigenvalue weighted by molar-refractivity contribution is 9.11. The number of hydrogen-bond donors (Lipinski definition) is 2. The van der Waals surface area contributed by atoms with Crippen molar-refractivity contribution in [2.24, 2.45) is 0 Å². The molecule has 0 radical (unpaired) electrons. The third kappa shape index (κ3) is 4.08. The van der Waals surface area contributed by atoms with E-state index in [1.807, 2.05) is 12.1 Å². The zero-order valence-corrected chi connectivity index (χ0v) is 11.8. The number of thiophene rings is 1. The van der Waals surface area contributed by atoms with Crippen LogP contribution in [0.4, 0.5) is 0 Å². The topological polar surface area (TPSA) is 70.7 Å². The van der Waals surface area contributed by atoms with Crippen molar-refractivity contribution < 1.29 is 4.79 Å². The average molecular weight is 327 g/mol. The number of hydrogen-bond acceptors (Lipinski definition) is 4. The van der Waals surface area contributed by atoms with Gasteiger partial charge in [-0.25, -0.2) is 4.98 Å². The normalized spacial score (nSPS) is 10.9. The summed E-state index contributed by atoms with van der Waals surface area (Å²) in [5, 5.41) is 9.25. The Morgan fingerprint density at radius 3 is 3.11 bits per heavy atom. The second-order valence-electron chi connectivity index (χ2n) is 3.45. The second-order valence-corrected chi connectivity index (χ2v) is 5.94. The Kier molecular flexibility index (Phi) is 4.66. The molecule has 0 saturated carbocycles. The highest BCUT2D eigenvalue weighted by Crippen LogP contribution is 2.22. The summed E-state index contributed by atoms with van der Waals surface area (Å²) in [4.78, 5) is 16.5. The molecule has 1 amide bonds. The predicted octanol–water partition coefficient (Wildman–Crippen LogP) is 2.00. The molecule has 0 aromatic carbocycles. The molecule has 2 aromatic rings. The Balaban J connectivity index is 1.73. The molecule has 0 aliphatic rings. The van der Waals surface area contributed by atoms with Gasteiger partial charge in [0.2, 0.25) is 5.91 Å². The van der Waals surface area contributed by atoms with Gasteiger partial charge in [0.25, 0.3) is 0 Å². The van der Waals surface area contributed by atoms with E-state index in [9.17, 15) is 4.79 Å². The van der Waals surface area contributed by atoms with Crippen LogP contribution in [0, 0.1) is 0 Å². The van der Waals surface area contributed by atoms with E-state index in [-0.39, 0.29) is 5.91 Å². The zero-order valence-electron chi connectivity index (χ0n) is 9.39. The minimum atomic E-state index is -0.112. The fourth-order valence-corrected chi connectivity index (χ4v) is 2.62. The van der Waals surface area contributed by atoms with E-state index in [4.69, 9.17) is 0 Å². The summed E-state index contributed by atoms with van der Waals surface area (Å²) in [6.45, 7) is 0.534. The van der Waals surface area contributed by atoms with Crippen LogP contribution in [0.5, 0.6) is 0 Å². The van der Waals surface area contributed by atoms with E-state index < -0.39 is 0 Å². The second kappa shape index (κ2) is 6.46. The smallest absolute Gasteiger partial charge is 0.244 e. The van der Waals surface area contributed by atoms with Gasteiger partial charge in [-0.3, -0.25) is 9.89 Å². The Hall–Kier alpha value is -1.47. The molecule has 0 saturated heterocycles. The van der Waals surface area contributed by atoms with Crippen molar-refractivity contribution >= 4 is 39.2 Å². The number of aromatic nitrogens is 3. The lowest BCUT2D eigenvalue weighted by molar-refractivity contribution is -0.116. The van der Waals surface area contributed by atoms with Gasteiger partial charge < -0.3 is 5.32 Å². The SMILES string of the molecule is O=C(C=Cc1ccc(Br)s1)NCCc1ncn[nH]1. The lowest BCUT2D eigenvalue weighted by Crippen LogP contribution is -2.23. The van der Waals surface area contributed by atoms with Crippen LogP contribution < -0.4 is 5.32 Å². The molecule has 5 nitrogen and oxygen atoms in total. The summed E-state index contributed by atoms with van der Waals surface area (Å²) in [7, 11) is 0. The Labute approximate surface area is 116 Å². The first-order chi connectivity index (χ1) is 8.74. The first-order valence-corrected chi connectivity index (χ1v) is 6.90. The number of halogens is 1. The monoisotopic (exact) mass is 326 g/mol. The summed E-state index contributed by atoms with van der Waals surface area (Å²) in [5.74, 6) is 0.653. The number of rotatable bonds is 5. The lowest BCUT2D eigenvalue weighted by Gasteiger charge is -1.98. The minimum Gasteiger partial charge on any atom is -0.352 e. The van der Waals surface area contributed by atoms with Crippen molar-refractivity contribution in [3.63, 3.8) is 0 Å². The van der Waals surface area contributed by atoms with E-state index in [0.717, 1.165) is 14.5 Å². The fraction of sp³-hybridized carbons (Fsp3) is 0.182. The summed E-state index contributed by atoms with van der Waals surface area (Å²) in [6.07, 6.45) is 5.41. The molecule has 0 bridgehead atoms. The molecule has 94 valence electrons. The maximum absolute atomic E-state index is 11.5. The van der Waals surface area contributed by atoms with Crippen LogP contribution >= 0.6 is 27.3 Å². The Morgan fingerprint density at radius 1 is 1.56 bits per heavy atom. The number of carbonyl (C=O) groups excluding carboxylic acids is 1. The van der Waals surface area contributed by atoms with Gasteiger partial charge >= 0.3 is 0 Å². The van der Waals surface area contributed by atoms with Crippen LogP contribution in [0.15, 0.2) is 28.3 Å². The van der Waals surface area contributed by atoms with Crippen molar-refractivity contribution in [1.82, 2.24) is 20.5 Å². The molecular weight excluding hydrogens is 316 g/mol. The van der Waals surface area contributed by atoms with Gasteiger partial charge in [-0.2, -0.15) is 5.10 Å². The van der Waals surface area contributed by atoms with Crippen molar-refractivity contribution in [1.29, 1.82) is 0 Å². The molecule has 2 rings (SSSR count). The summed E-state index contributed by atoms with van der Waals surface area (Å²) < 4.78 is 1.05. The standard InChI is InChI=1S/C11H11BrN4OS/c12-9-3-1-8(18-9)2-4-11(17)13-6-5-10-14-7-15-16-10/h1-4,7H,5-6H2,(H,13,17)(H,14,15,16). The van der Waals surface area contributed by atoms with Crippen LogP contribution in [0.1, 0.15) is 10.7 Å². The molecule has 0 aliphatic carbocycles. The third-order valence-corrected chi connectivity index (χ3v) is 3.71. The summed E-state index contributed by atoms with van der Waals surface area (Å²) >= 11 is 4.95. The van der Waals surface area contributed by atoms with E-state index >= 15 is 0 Å². The summed E-state index contributed by atoms with van der Waals surface area (Å²) in [6, 6.07) is 3.90. The van der Waals surface area contributed by atoms with E-state index in [0.29, 0.717) is 13.0 Å². The predicted molar refractivity (Wildman–Crippen MR) is 74.1 cm³/mol. The van der Waals surface area contributed by atoms with Crippen LogP contribution in [0.2, 0.25) is 0 Å². The number of carbonyl (C=O) groups is 1. The fourth-order valence-electron chi connectivity index (χ4n) is 1.29. The van der Waals surface area contributed by atoms with Crippen LogP contribution in [0.3, 0.4) is 0 Å². The zero-order chi connectivity index (χ0) is 12.8. The highest BCUT2D eigenvalue weighted by atomic mass is 79.9. The van der Waals surface area contributed by atoms with E-state index in [1.165, 1.54) is 12.4 Å². The van der Waals surface area contributed by atoms with Crippen LogP contribution in [-0.2, 0) is 11.2 Å². The largest absolute Gasteiger partial charge is 0.352 e. The lowest BCUT2D eigenvalue weighted by atomic mass is 10.3. The summed E-state index contributed by atoms with van der Waals surface area (Å²) in [5.41, 5.74) is 0. The average Bonchev–Trinajstić information content (AvgIpc) is 2.98. The molecule has 0 spiro atoms. The maximum atomic E-state index is 11.5. The molecule has 7 heteroatoms. The Morgan fingerprint density at radius 2 is 2.44 bits per heavy atom. The van der Waals surface area contributed by atoms with Gasteiger partial charge in [0.15, 0.2) is 0 Å². The molecule has 18 heavy (non-hydrogen) atoms. The Bertz CT molecular complexity index is 535. The van der Waals surface area contributed by atoms with Crippen molar-refractivity contribution in [3.05, 3.63) is 39.0 Å². The number of nitrogens with one attached hydrogen (secondary N) is 2. The van der Waals surface area contributed by atoms with Gasteiger partial charge in [0.1, 0.15) is 12.2 Å². The first-order valence-electron chi connectivity index (χ1n) is 5.29. The highest BCUT2D eigenvalue weighted by Gasteiger charge is 1.99. The maximum Gasteiger partial charge on any atom is 0.244 e. The van der Waals surface area contributed by atoms with Gasteiger partial charge in [0, 0.05) is 23.9 Å². The van der Waals surface area contributed by atoms with Crippen LogP contribution in [0.25, 0.3) is 6.08 Å². The van der Waals surface area contributed by atoms with Gasteiger partial charge in [0.05, 0.1) is 3.79 Å². The molecule has 0 fully saturated rings. The molecule has 0 atom stereocenters. The van der Waals surface area contributed by atoms with Crippen molar-refractivity contribution in [2.75, 3.05) is 6.54 Å². The first kappa shape index (κ1) is 13.0. The number of amides is 1. The molecule has 2 aromatic heterocycles. The van der Waals surface area contributed by atoms with Crippen molar-refractivity contribution in [2.45, 2.75) is 6.42 Å². The van der Waals surface area contributed by atoms with Gasteiger partial charge in [-0.15, -0.1) is 11.3 Å². The van der Waals surface area contributed by atoms with E-state index in [1.54, 1.807) is 17.4 Å². The molecule has 2 N–H and O–H groups in total. The number of nitrogens with zero attached hydrogens (tertiary/aromatic N) is 2. The number of aromatic amines is 1. The van der Waals surface area contributed by atoms with Gasteiger partial charge in [-0.05, 0) is 34.1 Å². The molecule has 2 heterocycles. The van der Waals surface area contributed by atoms with E-state index in [2.05, 4.69) is 36.4 Å². The molecule has 0 aliphatic heterocycles.